The summed E-state index contributed by atoms with van der Waals surface area (Å²) in [5.41, 5.74) is 0. The largest absolute Gasteiger partial charge is 0.465 e. The Balaban J connectivity index is 3.40. The fourth-order valence-corrected chi connectivity index (χ4v) is 0.800. The van der Waals surface area contributed by atoms with E-state index in [-0.39, 0.29) is 6.54 Å². The minimum Gasteiger partial charge on any atom is -0.465 e. The highest BCUT2D eigenvalue weighted by molar-refractivity contribution is 5.77. The lowest BCUT2D eigenvalue weighted by Gasteiger charge is -2.05. The van der Waals surface area contributed by atoms with Crippen molar-refractivity contribution in [1.29, 1.82) is 0 Å². The van der Waals surface area contributed by atoms with Crippen LogP contribution in [0.1, 0.15) is 19.8 Å². The zero-order chi connectivity index (χ0) is 11.5. The van der Waals surface area contributed by atoms with Crippen LogP contribution in [0.4, 0.5) is 4.79 Å². The monoisotopic (exact) mass is 215 g/mol. The summed E-state index contributed by atoms with van der Waals surface area (Å²) in [6, 6.07) is 0. The molecule has 0 aliphatic heterocycles. The Morgan fingerprint density at radius 2 is 2.13 bits per heavy atom. The number of alkyl carbamates (subject to hydrolysis) is 1. The molecule has 0 spiro atoms. The van der Waals surface area contributed by atoms with Crippen LogP contribution in [0.25, 0.3) is 0 Å². The lowest BCUT2D eigenvalue weighted by Crippen LogP contribution is -2.31. The maximum Gasteiger partial charge on any atom is 0.407 e. The minimum atomic E-state index is -0.605. The van der Waals surface area contributed by atoms with E-state index in [2.05, 4.69) is 16.6 Å². The van der Waals surface area contributed by atoms with Crippen molar-refractivity contribution < 1.29 is 19.1 Å². The van der Waals surface area contributed by atoms with E-state index in [9.17, 15) is 9.59 Å². The molecule has 0 aliphatic carbocycles. The van der Waals surface area contributed by atoms with E-state index in [4.69, 9.17) is 4.74 Å². The molecule has 0 saturated heterocycles. The van der Waals surface area contributed by atoms with Crippen LogP contribution in [0.3, 0.4) is 0 Å². The number of hydrogen-bond donors (Lipinski definition) is 1. The molecule has 5 heteroatoms. The van der Waals surface area contributed by atoms with Gasteiger partial charge in [0.15, 0.2) is 0 Å². The van der Waals surface area contributed by atoms with Crippen LogP contribution < -0.4 is 5.32 Å². The highest BCUT2D eigenvalue weighted by atomic mass is 16.6. The molecule has 1 N–H and O–H groups in total. The molecule has 5 nitrogen and oxygen atoms in total. The molecule has 1 amide bonds. The van der Waals surface area contributed by atoms with Gasteiger partial charge in [-0.25, -0.2) is 4.79 Å². The van der Waals surface area contributed by atoms with E-state index in [1.165, 1.54) is 0 Å². The Morgan fingerprint density at radius 1 is 1.40 bits per heavy atom. The Hall–Kier alpha value is -1.52. The van der Waals surface area contributed by atoms with Crippen LogP contribution in [0.5, 0.6) is 0 Å². The van der Waals surface area contributed by atoms with Crippen LogP contribution >= 0.6 is 0 Å². The van der Waals surface area contributed by atoms with Gasteiger partial charge in [-0.2, -0.15) is 0 Å². The molecule has 0 aromatic rings. The number of amides is 1. The van der Waals surface area contributed by atoms with Crippen molar-refractivity contribution in [2.75, 3.05) is 19.8 Å². The summed E-state index contributed by atoms with van der Waals surface area (Å²) in [7, 11) is 0. The number of nitrogens with one attached hydrogen (secondary N) is 1. The molecular formula is C10H17NO4. The van der Waals surface area contributed by atoms with Gasteiger partial charge >= 0.3 is 12.1 Å². The maximum atomic E-state index is 10.9. The number of carbonyl (C=O) groups excluding carboxylic acids is 2. The van der Waals surface area contributed by atoms with Crippen molar-refractivity contribution in [3.8, 4) is 0 Å². The number of carbonyl (C=O) groups is 2. The number of allylic oxidation sites excluding steroid dienone is 1. The Bertz CT molecular complexity index is 215. The van der Waals surface area contributed by atoms with Gasteiger partial charge in [0.2, 0.25) is 0 Å². The van der Waals surface area contributed by atoms with Crippen LogP contribution in [-0.2, 0) is 14.3 Å². The molecule has 0 saturated carbocycles. The Kier molecular flexibility index (Phi) is 8.13. The van der Waals surface area contributed by atoms with Gasteiger partial charge in [-0.1, -0.05) is 6.08 Å². The van der Waals surface area contributed by atoms with Gasteiger partial charge in [-0.3, -0.25) is 4.79 Å². The first-order chi connectivity index (χ1) is 7.20. The number of esters is 1. The molecule has 0 radical (unpaired) electrons. The first kappa shape index (κ1) is 13.5. The third-order valence-corrected chi connectivity index (χ3v) is 1.47. The first-order valence-electron chi connectivity index (χ1n) is 4.87. The summed E-state index contributed by atoms with van der Waals surface area (Å²) in [6.45, 7) is 5.70. The van der Waals surface area contributed by atoms with Crippen LogP contribution in [0, 0.1) is 0 Å². The molecule has 0 unspecified atom stereocenters. The van der Waals surface area contributed by atoms with E-state index in [0.717, 1.165) is 12.8 Å². The second-order valence-electron chi connectivity index (χ2n) is 2.73. The SMILES string of the molecule is C=CCCCOC(=O)NCC(=O)OCC. The van der Waals surface area contributed by atoms with E-state index >= 15 is 0 Å². The summed E-state index contributed by atoms with van der Waals surface area (Å²) in [5, 5.41) is 2.28. The zero-order valence-corrected chi connectivity index (χ0v) is 8.95. The number of rotatable bonds is 7. The highest BCUT2D eigenvalue weighted by Gasteiger charge is 2.05. The number of unbranched alkanes of at least 4 members (excludes halogenated alkanes) is 1. The van der Waals surface area contributed by atoms with Gasteiger partial charge in [0.25, 0.3) is 0 Å². The third-order valence-electron chi connectivity index (χ3n) is 1.47. The standard InChI is InChI=1S/C10H17NO4/c1-3-5-6-7-15-10(13)11-8-9(12)14-4-2/h3H,1,4-8H2,2H3,(H,11,13). The van der Waals surface area contributed by atoms with Gasteiger partial charge in [-0.05, 0) is 19.8 Å². The molecule has 0 fully saturated rings. The van der Waals surface area contributed by atoms with Crippen LogP contribution in [-0.4, -0.2) is 31.8 Å². The fourth-order valence-electron chi connectivity index (χ4n) is 0.800. The van der Waals surface area contributed by atoms with Gasteiger partial charge in [-0.15, -0.1) is 6.58 Å². The second-order valence-corrected chi connectivity index (χ2v) is 2.73. The Morgan fingerprint density at radius 3 is 2.73 bits per heavy atom. The molecule has 0 rings (SSSR count). The van der Waals surface area contributed by atoms with Crippen molar-refractivity contribution in [2.24, 2.45) is 0 Å². The lowest BCUT2D eigenvalue weighted by atomic mass is 10.3. The molecular weight excluding hydrogens is 198 g/mol. The average molecular weight is 215 g/mol. The Labute approximate surface area is 89.4 Å². The van der Waals surface area contributed by atoms with Crippen LogP contribution in [0.2, 0.25) is 0 Å². The topological polar surface area (TPSA) is 64.6 Å². The van der Waals surface area contributed by atoms with Crippen molar-refractivity contribution >= 4 is 12.1 Å². The lowest BCUT2D eigenvalue weighted by molar-refractivity contribution is -0.141. The molecule has 0 aromatic heterocycles. The molecule has 0 aromatic carbocycles. The van der Waals surface area contributed by atoms with Gasteiger partial charge < -0.3 is 14.8 Å². The van der Waals surface area contributed by atoms with Crippen molar-refractivity contribution in [1.82, 2.24) is 5.32 Å². The van der Waals surface area contributed by atoms with Crippen molar-refractivity contribution in [2.45, 2.75) is 19.8 Å². The maximum absolute atomic E-state index is 10.9. The van der Waals surface area contributed by atoms with E-state index in [1.807, 2.05) is 0 Å². The summed E-state index contributed by atoms with van der Waals surface area (Å²) in [6.07, 6.45) is 2.67. The number of ether oxygens (including phenoxy) is 2. The molecule has 86 valence electrons. The summed E-state index contributed by atoms with van der Waals surface area (Å²) >= 11 is 0. The highest BCUT2D eigenvalue weighted by Crippen LogP contribution is 1.90. The van der Waals surface area contributed by atoms with Gasteiger partial charge in [0.05, 0.1) is 13.2 Å². The predicted octanol–water partition coefficient (Wildman–Crippen LogP) is 1.24. The molecule has 0 atom stereocenters. The molecule has 0 aliphatic rings. The third kappa shape index (κ3) is 8.80. The normalized spacial score (nSPS) is 9.13. The average Bonchev–Trinajstić information content (AvgIpc) is 2.22. The minimum absolute atomic E-state index is 0.159. The first-order valence-corrected chi connectivity index (χ1v) is 4.87. The van der Waals surface area contributed by atoms with Gasteiger partial charge in [0.1, 0.15) is 6.54 Å². The molecule has 0 heterocycles. The van der Waals surface area contributed by atoms with E-state index in [0.29, 0.717) is 13.2 Å². The predicted molar refractivity (Wildman–Crippen MR) is 55.4 cm³/mol. The zero-order valence-electron chi connectivity index (χ0n) is 8.95. The quantitative estimate of drug-likeness (QED) is 0.394. The van der Waals surface area contributed by atoms with E-state index < -0.39 is 12.1 Å². The van der Waals surface area contributed by atoms with E-state index in [1.54, 1.807) is 13.0 Å². The van der Waals surface area contributed by atoms with Gasteiger partial charge in [0, 0.05) is 0 Å². The smallest absolute Gasteiger partial charge is 0.407 e. The summed E-state index contributed by atoms with van der Waals surface area (Å²) in [4.78, 5) is 21.8. The van der Waals surface area contributed by atoms with Crippen LogP contribution in [0.15, 0.2) is 12.7 Å². The number of hydrogen-bond acceptors (Lipinski definition) is 4. The van der Waals surface area contributed by atoms with Crippen molar-refractivity contribution in [3.63, 3.8) is 0 Å². The molecule has 15 heavy (non-hydrogen) atoms. The van der Waals surface area contributed by atoms with Crippen molar-refractivity contribution in [3.05, 3.63) is 12.7 Å². The fraction of sp³-hybridized carbons (Fsp3) is 0.600. The molecule has 0 bridgehead atoms. The second kappa shape index (κ2) is 9.05. The summed E-state index contributed by atoms with van der Waals surface area (Å²) < 4.78 is 9.38. The summed E-state index contributed by atoms with van der Waals surface area (Å²) in [5.74, 6) is -0.472.